The van der Waals surface area contributed by atoms with Gasteiger partial charge in [-0.25, -0.2) is 18.1 Å². The van der Waals surface area contributed by atoms with E-state index in [1.54, 1.807) is 23.8 Å². The minimum absolute atomic E-state index is 0.0819. The Morgan fingerprint density at radius 2 is 1.63 bits per heavy atom. The summed E-state index contributed by atoms with van der Waals surface area (Å²) in [5, 5.41) is 11.8. The quantitative estimate of drug-likeness (QED) is 0.340. The van der Waals surface area contributed by atoms with E-state index in [4.69, 9.17) is 4.74 Å². The van der Waals surface area contributed by atoms with E-state index in [9.17, 15) is 18.4 Å². The second-order valence-corrected chi connectivity index (χ2v) is 9.52. The van der Waals surface area contributed by atoms with Gasteiger partial charge in [-0.15, -0.1) is 0 Å². The third-order valence-electron chi connectivity index (χ3n) is 6.93. The zero-order valence-corrected chi connectivity index (χ0v) is 23.6. The second-order valence-electron chi connectivity index (χ2n) is 9.52. The zero-order chi connectivity index (χ0) is 29.4. The van der Waals surface area contributed by atoms with Crippen LogP contribution in [0.2, 0.25) is 0 Å². The molecule has 5 heterocycles. The standard InChI is InChI=1S/C22H26N6O3.C6H4F2.C2H6/c1-2-31-22(30)18-14-24-27-9-5-15(11-19(18)27)25-21(29)17-13-23-28-10-6-16(12-20(17)28)26-7-3-4-8-26;7-5-1-2-6(8)4-3-5;1-2/h6,10,12-15H,2-5,7-9,11H2,1H3,(H,25,29);1-4H;1-2H3. The van der Waals surface area contributed by atoms with Gasteiger partial charge in [0.2, 0.25) is 0 Å². The third-order valence-corrected chi connectivity index (χ3v) is 6.93. The van der Waals surface area contributed by atoms with Crippen molar-refractivity contribution >= 4 is 23.1 Å². The summed E-state index contributed by atoms with van der Waals surface area (Å²) in [6.07, 6.45) is 8.77. The van der Waals surface area contributed by atoms with Crippen LogP contribution in [0.5, 0.6) is 0 Å². The van der Waals surface area contributed by atoms with Crippen molar-refractivity contribution < 1.29 is 23.1 Å². The summed E-state index contributed by atoms with van der Waals surface area (Å²) in [6, 6.07) is 8.32. The van der Waals surface area contributed by atoms with Gasteiger partial charge < -0.3 is 15.0 Å². The van der Waals surface area contributed by atoms with E-state index >= 15 is 0 Å². The lowest BCUT2D eigenvalue weighted by atomic mass is 10.0. The molecule has 11 heteroatoms. The molecule has 9 nitrogen and oxygen atoms in total. The van der Waals surface area contributed by atoms with E-state index in [1.165, 1.54) is 12.8 Å². The largest absolute Gasteiger partial charge is 0.462 e. The van der Waals surface area contributed by atoms with Crippen molar-refractivity contribution in [2.45, 2.75) is 59.0 Å². The Kier molecular flexibility index (Phi) is 10.0. The highest BCUT2D eigenvalue weighted by molar-refractivity contribution is 6.01. The van der Waals surface area contributed by atoms with Crippen LogP contribution in [0.15, 0.2) is 55.0 Å². The maximum absolute atomic E-state index is 13.1. The number of halogens is 2. The van der Waals surface area contributed by atoms with E-state index < -0.39 is 11.6 Å². The molecular formula is C30H36F2N6O3. The molecule has 41 heavy (non-hydrogen) atoms. The van der Waals surface area contributed by atoms with E-state index in [0.717, 1.165) is 60.7 Å². The van der Waals surface area contributed by atoms with Crippen molar-refractivity contribution in [3.8, 4) is 0 Å². The molecule has 1 atom stereocenters. The summed E-state index contributed by atoms with van der Waals surface area (Å²) in [7, 11) is 0. The number of nitrogens with zero attached hydrogens (tertiary/aromatic N) is 5. The number of aromatic nitrogens is 4. The van der Waals surface area contributed by atoms with Crippen molar-refractivity contribution in [3.05, 3.63) is 83.4 Å². The lowest BCUT2D eigenvalue weighted by molar-refractivity contribution is 0.0524. The monoisotopic (exact) mass is 566 g/mol. The Morgan fingerprint density at radius 1 is 0.976 bits per heavy atom. The Hall–Kier alpha value is -4.28. The van der Waals surface area contributed by atoms with Gasteiger partial charge in [-0.2, -0.15) is 10.2 Å². The van der Waals surface area contributed by atoms with Crippen molar-refractivity contribution in [3.63, 3.8) is 0 Å². The SMILES string of the molecule is CC.CCOC(=O)c1cnn2c1CC(NC(=O)c1cnn3ccc(N4CCCC4)cc13)CC2.Fc1ccc(F)cc1. The molecule has 2 aliphatic rings. The number of hydrogen-bond donors (Lipinski definition) is 1. The Balaban J connectivity index is 0.000000332. The maximum Gasteiger partial charge on any atom is 0.341 e. The number of anilines is 1. The average molecular weight is 567 g/mol. The number of esters is 1. The number of fused-ring (bicyclic) bond motifs is 2. The number of pyridine rings is 1. The van der Waals surface area contributed by atoms with Gasteiger partial charge in [-0.3, -0.25) is 9.48 Å². The maximum atomic E-state index is 13.1. The Labute approximate surface area is 238 Å². The molecule has 1 N–H and O–H groups in total. The van der Waals surface area contributed by atoms with Crippen LogP contribution in [0.25, 0.3) is 5.52 Å². The molecule has 0 radical (unpaired) electrons. The van der Waals surface area contributed by atoms with Gasteiger partial charge in [-0.1, -0.05) is 13.8 Å². The van der Waals surface area contributed by atoms with E-state index in [0.29, 0.717) is 30.7 Å². The highest BCUT2D eigenvalue weighted by Gasteiger charge is 2.28. The predicted molar refractivity (Wildman–Crippen MR) is 152 cm³/mol. The third kappa shape index (κ3) is 7.08. The molecule has 1 saturated heterocycles. The summed E-state index contributed by atoms with van der Waals surface area (Å²) in [4.78, 5) is 27.6. The van der Waals surface area contributed by atoms with Crippen molar-refractivity contribution in [1.82, 2.24) is 24.7 Å². The van der Waals surface area contributed by atoms with Crippen LogP contribution in [-0.2, 0) is 17.7 Å². The van der Waals surface area contributed by atoms with Crippen molar-refractivity contribution in [2.75, 3.05) is 24.6 Å². The topological polar surface area (TPSA) is 93.8 Å². The lowest BCUT2D eigenvalue weighted by Gasteiger charge is -2.25. The van der Waals surface area contributed by atoms with Crippen molar-refractivity contribution in [2.24, 2.45) is 0 Å². The molecule has 1 unspecified atom stereocenters. The molecule has 2 aliphatic heterocycles. The van der Waals surface area contributed by atoms with Crippen LogP contribution >= 0.6 is 0 Å². The predicted octanol–water partition coefficient (Wildman–Crippen LogP) is 5.04. The highest BCUT2D eigenvalue weighted by atomic mass is 19.1. The van der Waals surface area contributed by atoms with Gasteiger partial charge in [0.15, 0.2) is 0 Å². The first kappa shape index (κ1) is 29.7. The first-order valence-corrected chi connectivity index (χ1v) is 14.1. The molecule has 0 spiro atoms. The van der Waals surface area contributed by atoms with Crippen LogP contribution < -0.4 is 10.2 Å². The molecular weight excluding hydrogens is 530 g/mol. The smallest absolute Gasteiger partial charge is 0.341 e. The number of benzene rings is 1. The van der Waals surface area contributed by atoms with Gasteiger partial charge in [0.05, 0.1) is 35.8 Å². The summed E-state index contributed by atoms with van der Waals surface area (Å²) in [5.74, 6) is -1.34. The fourth-order valence-corrected chi connectivity index (χ4v) is 4.94. The second kappa shape index (κ2) is 13.9. The van der Waals surface area contributed by atoms with Gasteiger partial charge in [-0.05, 0) is 62.6 Å². The normalized spacial score (nSPS) is 15.7. The number of ether oxygens (including phenoxy) is 1. The molecule has 1 aromatic carbocycles. The summed E-state index contributed by atoms with van der Waals surface area (Å²) in [6.45, 7) is 8.84. The zero-order valence-electron chi connectivity index (χ0n) is 23.6. The molecule has 0 aliphatic carbocycles. The Bertz CT molecular complexity index is 1440. The molecule has 1 fully saturated rings. The van der Waals surface area contributed by atoms with E-state index in [2.05, 4.69) is 20.4 Å². The first-order chi connectivity index (χ1) is 19.9. The average Bonchev–Trinajstić information content (AvgIpc) is 3.75. The fourth-order valence-electron chi connectivity index (χ4n) is 4.94. The minimum Gasteiger partial charge on any atom is -0.462 e. The van der Waals surface area contributed by atoms with Gasteiger partial charge >= 0.3 is 5.97 Å². The van der Waals surface area contributed by atoms with Gasteiger partial charge in [0.25, 0.3) is 5.91 Å². The number of amides is 1. The van der Waals surface area contributed by atoms with Crippen LogP contribution in [0.1, 0.15) is 66.4 Å². The molecule has 0 saturated carbocycles. The molecule has 6 rings (SSSR count). The van der Waals surface area contributed by atoms with Gasteiger partial charge in [0, 0.05) is 44.0 Å². The number of aryl methyl sites for hydroxylation is 1. The number of carbonyl (C=O) groups excluding carboxylic acids is 2. The number of carbonyl (C=O) groups is 2. The van der Waals surface area contributed by atoms with Crippen LogP contribution in [0, 0.1) is 11.6 Å². The summed E-state index contributed by atoms with van der Waals surface area (Å²) < 4.78 is 32.5. The molecule has 1 amide bonds. The van der Waals surface area contributed by atoms with Crippen LogP contribution in [0.4, 0.5) is 14.5 Å². The number of hydrogen-bond acceptors (Lipinski definition) is 6. The van der Waals surface area contributed by atoms with E-state index in [-0.39, 0.29) is 17.9 Å². The van der Waals surface area contributed by atoms with Gasteiger partial charge in [0.1, 0.15) is 17.2 Å². The lowest BCUT2D eigenvalue weighted by Crippen LogP contribution is -2.40. The van der Waals surface area contributed by atoms with Crippen molar-refractivity contribution in [1.29, 1.82) is 0 Å². The van der Waals surface area contributed by atoms with Crippen LogP contribution in [0.3, 0.4) is 0 Å². The number of nitrogens with one attached hydrogen (secondary N) is 1. The fraction of sp³-hybridized carbons (Fsp3) is 0.400. The molecule has 218 valence electrons. The summed E-state index contributed by atoms with van der Waals surface area (Å²) >= 11 is 0. The number of rotatable bonds is 5. The highest BCUT2D eigenvalue weighted by Crippen LogP contribution is 2.24. The molecule has 3 aromatic heterocycles. The van der Waals surface area contributed by atoms with Crippen LogP contribution in [-0.4, -0.2) is 57.0 Å². The first-order valence-electron chi connectivity index (χ1n) is 14.1. The summed E-state index contributed by atoms with van der Waals surface area (Å²) in [5.41, 5.74) is 3.78. The molecule has 0 bridgehead atoms. The Morgan fingerprint density at radius 3 is 2.29 bits per heavy atom. The minimum atomic E-state index is -0.411. The molecule has 4 aromatic rings. The van der Waals surface area contributed by atoms with E-state index in [1.807, 2.05) is 36.9 Å².